The van der Waals surface area contributed by atoms with Crippen molar-refractivity contribution in [2.24, 2.45) is 0 Å². The van der Waals surface area contributed by atoms with Gasteiger partial charge in [-0.3, -0.25) is 9.78 Å². The van der Waals surface area contributed by atoms with Crippen LogP contribution in [0.25, 0.3) is 0 Å². The summed E-state index contributed by atoms with van der Waals surface area (Å²) >= 11 is 0. The van der Waals surface area contributed by atoms with Crippen molar-refractivity contribution in [1.82, 2.24) is 10.3 Å². The lowest BCUT2D eigenvalue weighted by Gasteiger charge is -2.11. The average Bonchev–Trinajstić information content (AvgIpc) is 2.90. The van der Waals surface area contributed by atoms with Crippen molar-refractivity contribution in [2.75, 3.05) is 11.9 Å². The van der Waals surface area contributed by atoms with Gasteiger partial charge in [-0.25, -0.2) is 0 Å². The van der Waals surface area contributed by atoms with Crippen LogP contribution < -0.4 is 10.6 Å². The van der Waals surface area contributed by atoms with Gasteiger partial charge in [0.2, 0.25) is 5.91 Å². The Morgan fingerprint density at radius 2 is 2.24 bits per heavy atom. The molecule has 1 aliphatic heterocycles. The van der Waals surface area contributed by atoms with Gasteiger partial charge < -0.3 is 10.6 Å². The molecule has 2 aromatic rings. The van der Waals surface area contributed by atoms with E-state index >= 15 is 0 Å². The number of nitrogens with zero attached hydrogens (tertiary/aromatic N) is 1. The molecule has 1 aromatic heterocycles. The third-order valence-electron chi connectivity index (χ3n) is 3.98. The van der Waals surface area contributed by atoms with Crippen LogP contribution in [-0.4, -0.2) is 17.4 Å². The summed E-state index contributed by atoms with van der Waals surface area (Å²) in [5.41, 5.74) is 4.61. The summed E-state index contributed by atoms with van der Waals surface area (Å²) in [5.74, 6) is 0.356. The van der Waals surface area contributed by atoms with Crippen LogP contribution in [0.3, 0.4) is 0 Å². The summed E-state index contributed by atoms with van der Waals surface area (Å²) in [6.07, 6.45) is 4.10. The monoisotopic (exact) mass is 281 g/mol. The zero-order valence-corrected chi connectivity index (χ0v) is 12.1. The number of amides is 1. The summed E-state index contributed by atoms with van der Waals surface area (Å²) in [7, 11) is 0. The van der Waals surface area contributed by atoms with Crippen LogP contribution in [0.15, 0.2) is 42.7 Å². The molecule has 0 fully saturated rings. The summed E-state index contributed by atoms with van der Waals surface area (Å²) in [4.78, 5) is 16.2. The number of aryl methyl sites for hydroxylation is 1. The Labute approximate surface area is 124 Å². The number of hydrogen-bond acceptors (Lipinski definition) is 3. The molecule has 0 radical (unpaired) electrons. The van der Waals surface area contributed by atoms with Crippen LogP contribution in [-0.2, 0) is 11.3 Å². The summed E-state index contributed by atoms with van der Waals surface area (Å²) in [6.45, 7) is 3.40. The lowest BCUT2D eigenvalue weighted by Crippen LogP contribution is -2.25. The van der Waals surface area contributed by atoms with Gasteiger partial charge in [0.1, 0.15) is 0 Å². The number of benzene rings is 1. The zero-order chi connectivity index (χ0) is 14.7. The predicted octanol–water partition coefficient (Wildman–Crippen LogP) is 2.61. The highest BCUT2D eigenvalue weighted by Gasteiger charge is 2.23. The highest BCUT2D eigenvalue weighted by atomic mass is 16.1. The lowest BCUT2D eigenvalue weighted by atomic mass is 9.97. The summed E-state index contributed by atoms with van der Waals surface area (Å²) in [5, 5.41) is 6.35. The maximum atomic E-state index is 12.1. The van der Waals surface area contributed by atoms with Gasteiger partial charge in [0.25, 0.3) is 0 Å². The first-order valence-corrected chi connectivity index (χ1v) is 7.23. The normalized spacial score (nSPS) is 16.1. The van der Waals surface area contributed by atoms with E-state index in [2.05, 4.69) is 27.8 Å². The molecule has 1 aliphatic rings. The molecule has 4 heteroatoms. The van der Waals surface area contributed by atoms with Crippen LogP contribution in [0.4, 0.5) is 5.69 Å². The van der Waals surface area contributed by atoms with Crippen molar-refractivity contribution in [3.05, 3.63) is 59.4 Å². The number of carbonyl (C=O) groups is 1. The number of aromatic nitrogens is 1. The number of nitrogens with one attached hydrogen (secondary N) is 2. The second-order valence-corrected chi connectivity index (χ2v) is 5.45. The van der Waals surface area contributed by atoms with Gasteiger partial charge in [0.05, 0.1) is 0 Å². The van der Waals surface area contributed by atoms with E-state index in [-0.39, 0.29) is 11.8 Å². The first-order chi connectivity index (χ1) is 10.2. The third-order valence-corrected chi connectivity index (χ3v) is 3.98. The third kappa shape index (κ3) is 3.05. The quantitative estimate of drug-likeness (QED) is 0.905. The molecular formula is C17H19N3O. The fourth-order valence-electron chi connectivity index (χ4n) is 2.73. The Morgan fingerprint density at radius 3 is 3.10 bits per heavy atom. The molecule has 3 rings (SSSR count). The molecular weight excluding hydrogens is 262 g/mol. The Morgan fingerprint density at radius 1 is 1.38 bits per heavy atom. The fourth-order valence-corrected chi connectivity index (χ4v) is 2.73. The number of fused-ring (bicyclic) bond motifs is 1. The van der Waals surface area contributed by atoms with E-state index in [4.69, 9.17) is 0 Å². The topological polar surface area (TPSA) is 54.0 Å². The summed E-state index contributed by atoms with van der Waals surface area (Å²) < 4.78 is 0. The van der Waals surface area contributed by atoms with Gasteiger partial charge in [0, 0.05) is 43.5 Å². The minimum atomic E-state index is 0.0923. The average molecular weight is 281 g/mol. The predicted molar refractivity (Wildman–Crippen MR) is 83.1 cm³/mol. The fraction of sp³-hybridized carbons (Fsp3) is 0.294. The van der Waals surface area contributed by atoms with E-state index in [9.17, 15) is 4.79 Å². The van der Waals surface area contributed by atoms with E-state index in [1.165, 1.54) is 5.56 Å². The van der Waals surface area contributed by atoms with Crippen molar-refractivity contribution in [2.45, 2.75) is 25.8 Å². The molecule has 0 saturated carbocycles. The Bertz CT molecular complexity index is 654. The summed E-state index contributed by atoms with van der Waals surface area (Å²) in [6, 6.07) is 10.1. The van der Waals surface area contributed by atoms with E-state index in [0.29, 0.717) is 13.0 Å². The highest BCUT2D eigenvalue weighted by Crippen LogP contribution is 2.32. The van der Waals surface area contributed by atoms with Gasteiger partial charge in [-0.1, -0.05) is 18.2 Å². The van der Waals surface area contributed by atoms with E-state index < -0.39 is 0 Å². The maximum Gasteiger partial charge on any atom is 0.220 e. The molecule has 1 unspecified atom stereocenters. The largest absolute Gasteiger partial charge is 0.384 e. The number of pyridine rings is 1. The van der Waals surface area contributed by atoms with Crippen molar-refractivity contribution in [3.63, 3.8) is 0 Å². The van der Waals surface area contributed by atoms with Gasteiger partial charge in [-0.15, -0.1) is 0 Å². The molecule has 2 N–H and O–H groups in total. The van der Waals surface area contributed by atoms with Crippen LogP contribution in [0.1, 0.15) is 29.0 Å². The Kier molecular flexibility index (Phi) is 3.86. The van der Waals surface area contributed by atoms with E-state index in [1.54, 1.807) is 6.20 Å². The van der Waals surface area contributed by atoms with Crippen molar-refractivity contribution >= 4 is 11.6 Å². The van der Waals surface area contributed by atoms with Gasteiger partial charge >= 0.3 is 0 Å². The number of para-hydroxylation sites is 1. The van der Waals surface area contributed by atoms with Crippen molar-refractivity contribution in [3.8, 4) is 0 Å². The van der Waals surface area contributed by atoms with Crippen molar-refractivity contribution < 1.29 is 4.79 Å². The van der Waals surface area contributed by atoms with Crippen LogP contribution in [0.5, 0.6) is 0 Å². The van der Waals surface area contributed by atoms with Gasteiger partial charge in [0.15, 0.2) is 0 Å². The molecule has 0 saturated heterocycles. The van der Waals surface area contributed by atoms with Crippen LogP contribution in [0.2, 0.25) is 0 Å². The number of rotatable bonds is 4. The SMILES string of the molecule is Cc1cnccc1CNC(=O)CC1CNc2ccccc21. The van der Waals surface area contributed by atoms with Gasteiger partial charge in [-0.2, -0.15) is 0 Å². The van der Waals surface area contributed by atoms with E-state index in [0.717, 1.165) is 23.4 Å². The lowest BCUT2D eigenvalue weighted by molar-refractivity contribution is -0.121. The smallest absolute Gasteiger partial charge is 0.220 e. The molecule has 0 bridgehead atoms. The molecule has 1 aromatic carbocycles. The Balaban J connectivity index is 1.57. The standard InChI is InChI=1S/C17H19N3O/c1-12-9-18-7-6-13(12)10-20-17(21)8-14-11-19-16-5-3-2-4-15(14)16/h2-7,9,14,19H,8,10-11H2,1H3,(H,20,21). The maximum absolute atomic E-state index is 12.1. The van der Waals surface area contributed by atoms with Crippen molar-refractivity contribution in [1.29, 1.82) is 0 Å². The first kappa shape index (κ1) is 13.6. The van der Waals surface area contributed by atoms with Gasteiger partial charge in [-0.05, 0) is 35.7 Å². The molecule has 108 valence electrons. The molecule has 21 heavy (non-hydrogen) atoms. The molecule has 4 nitrogen and oxygen atoms in total. The molecule has 1 amide bonds. The van der Waals surface area contributed by atoms with Crippen LogP contribution >= 0.6 is 0 Å². The second-order valence-electron chi connectivity index (χ2n) is 5.45. The molecule has 1 atom stereocenters. The number of hydrogen-bond donors (Lipinski definition) is 2. The molecule has 2 heterocycles. The molecule has 0 spiro atoms. The highest BCUT2D eigenvalue weighted by molar-refractivity contribution is 5.78. The minimum absolute atomic E-state index is 0.0923. The Hall–Kier alpha value is -2.36. The number of anilines is 1. The first-order valence-electron chi connectivity index (χ1n) is 7.23. The minimum Gasteiger partial charge on any atom is -0.384 e. The second kappa shape index (κ2) is 5.95. The molecule has 0 aliphatic carbocycles. The number of carbonyl (C=O) groups excluding carboxylic acids is 1. The van der Waals surface area contributed by atoms with E-state index in [1.807, 2.05) is 31.3 Å². The van der Waals surface area contributed by atoms with Crippen LogP contribution in [0, 0.1) is 6.92 Å². The zero-order valence-electron chi connectivity index (χ0n) is 12.1.